The lowest BCUT2D eigenvalue weighted by molar-refractivity contribution is 0.109. The van der Waals surface area contributed by atoms with Gasteiger partial charge >= 0.3 is 0 Å². The van der Waals surface area contributed by atoms with Gasteiger partial charge in [0.1, 0.15) is 17.7 Å². The highest BCUT2D eigenvalue weighted by atomic mass is 79.9. The van der Waals surface area contributed by atoms with E-state index < -0.39 is 0 Å². The summed E-state index contributed by atoms with van der Waals surface area (Å²) in [5.41, 5.74) is 1.34. The van der Waals surface area contributed by atoms with E-state index in [4.69, 9.17) is 10.00 Å². The lowest BCUT2D eigenvalue weighted by atomic mass is 10.1. The molecule has 0 radical (unpaired) electrons. The quantitative estimate of drug-likeness (QED) is 0.842. The average molecular weight is 310 g/mol. The summed E-state index contributed by atoms with van der Waals surface area (Å²) in [4.78, 5) is 6.63. The van der Waals surface area contributed by atoms with Crippen LogP contribution in [0.15, 0.2) is 10.5 Å². The van der Waals surface area contributed by atoms with Crippen LogP contribution in [0, 0.1) is 18.3 Å². The molecule has 0 bridgehead atoms. The van der Waals surface area contributed by atoms with Crippen LogP contribution in [0.2, 0.25) is 0 Å². The number of piperidine rings is 1. The first-order valence-electron chi connectivity index (χ1n) is 6.02. The Bertz CT molecular complexity index is 476. The maximum atomic E-state index is 9.11. The van der Waals surface area contributed by atoms with Crippen LogP contribution in [0.4, 0.5) is 0 Å². The molecule has 0 N–H and O–H groups in total. The molecule has 1 fully saturated rings. The molecule has 1 aliphatic rings. The van der Waals surface area contributed by atoms with Gasteiger partial charge < -0.3 is 9.64 Å². The third-order valence-corrected chi connectivity index (χ3v) is 3.98. The van der Waals surface area contributed by atoms with Crippen molar-refractivity contribution in [3.05, 3.63) is 21.8 Å². The fourth-order valence-corrected chi connectivity index (χ4v) is 2.31. The molecule has 1 aromatic rings. The molecule has 2 heterocycles. The van der Waals surface area contributed by atoms with Crippen LogP contribution < -0.4 is 4.74 Å². The van der Waals surface area contributed by atoms with Gasteiger partial charge in [-0.05, 0) is 48.8 Å². The number of nitriles is 1. The Balaban J connectivity index is 2.14. The van der Waals surface area contributed by atoms with Gasteiger partial charge in [-0.2, -0.15) is 5.26 Å². The van der Waals surface area contributed by atoms with Gasteiger partial charge in [0.25, 0.3) is 0 Å². The van der Waals surface area contributed by atoms with Crippen LogP contribution in [0.5, 0.6) is 5.88 Å². The van der Waals surface area contributed by atoms with Gasteiger partial charge in [-0.1, -0.05) is 0 Å². The zero-order valence-electron chi connectivity index (χ0n) is 10.6. The molecule has 0 saturated carbocycles. The van der Waals surface area contributed by atoms with E-state index >= 15 is 0 Å². The SMILES string of the molecule is Cc1nc(OC2CCN(C)CC2)c(C#N)cc1Br. The third kappa shape index (κ3) is 3.01. The van der Waals surface area contributed by atoms with Crippen molar-refractivity contribution in [2.75, 3.05) is 20.1 Å². The summed E-state index contributed by atoms with van der Waals surface area (Å²) >= 11 is 3.38. The molecule has 1 aliphatic heterocycles. The second kappa shape index (κ2) is 5.68. The van der Waals surface area contributed by atoms with Crippen molar-refractivity contribution in [2.24, 2.45) is 0 Å². The molecule has 2 rings (SSSR count). The third-order valence-electron chi connectivity index (χ3n) is 3.18. The van der Waals surface area contributed by atoms with E-state index in [1.165, 1.54) is 0 Å². The first-order chi connectivity index (χ1) is 8.60. The van der Waals surface area contributed by atoms with Gasteiger partial charge in [0.05, 0.1) is 5.69 Å². The predicted molar refractivity (Wildman–Crippen MR) is 72.5 cm³/mol. The minimum absolute atomic E-state index is 0.168. The molecular weight excluding hydrogens is 294 g/mol. The number of nitrogens with zero attached hydrogens (tertiary/aromatic N) is 3. The number of ether oxygens (including phenoxy) is 1. The second-order valence-electron chi connectivity index (χ2n) is 4.64. The number of hydrogen-bond acceptors (Lipinski definition) is 4. The number of aromatic nitrogens is 1. The Morgan fingerprint density at radius 3 is 2.78 bits per heavy atom. The molecule has 0 amide bonds. The summed E-state index contributed by atoms with van der Waals surface area (Å²) in [6.07, 6.45) is 2.14. The monoisotopic (exact) mass is 309 g/mol. The fourth-order valence-electron chi connectivity index (χ4n) is 1.99. The van der Waals surface area contributed by atoms with Crippen molar-refractivity contribution >= 4 is 15.9 Å². The first kappa shape index (κ1) is 13.3. The van der Waals surface area contributed by atoms with Crippen LogP contribution in [-0.2, 0) is 0 Å². The molecule has 4 nitrogen and oxygen atoms in total. The van der Waals surface area contributed by atoms with Crippen LogP contribution in [-0.4, -0.2) is 36.1 Å². The van der Waals surface area contributed by atoms with Gasteiger partial charge in [0.15, 0.2) is 0 Å². The maximum Gasteiger partial charge on any atom is 0.232 e. The average Bonchev–Trinajstić information content (AvgIpc) is 2.36. The standard InChI is InChI=1S/C13H16BrN3O/c1-9-12(14)7-10(8-15)13(16-9)18-11-3-5-17(2)6-4-11/h7,11H,3-6H2,1-2H3. The highest BCUT2D eigenvalue weighted by Crippen LogP contribution is 2.25. The lowest BCUT2D eigenvalue weighted by Crippen LogP contribution is -2.35. The first-order valence-corrected chi connectivity index (χ1v) is 6.82. The molecule has 0 aromatic carbocycles. The summed E-state index contributed by atoms with van der Waals surface area (Å²) in [7, 11) is 2.11. The van der Waals surface area contributed by atoms with Crippen molar-refractivity contribution < 1.29 is 4.74 Å². The Kier molecular flexibility index (Phi) is 4.20. The number of aryl methyl sites for hydroxylation is 1. The van der Waals surface area contributed by atoms with Crippen molar-refractivity contribution in [3.63, 3.8) is 0 Å². The molecule has 5 heteroatoms. The van der Waals surface area contributed by atoms with Gasteiger partial charge in [-0.3, -0.25) is 0 Å². The summed E-state index contributed by atoms with van der Waals surface area (Å²) in [5.74, 6) is 0.466. The van der Waals surface area contributed by atoms with E-state index in [1.54, 1.807) is 6.07 Å². The van der Waals surface area contributed by atoms with E-state index in [2.05, 4.69) is 38.9 Å². The second-order valence-corrected chi connectivity index (χ2v) is 5.49. The molecule has 1 saturated heterocycles. The van der Waals surface area contributed by atoms with E-state index in [0.717, 1.165) is 36.1 Å². The summed E-state index contributed by atoms with van der Waals surface area (Å²) in [6.45, 7) is 3.96. The smallest absolute Gasteiger partial charge is 0.232 e. The molecular formula is C13H16BrN3O. The van der Waals surface area contributed by atoms with E-state index in [1.807, 2.05) is 6.92 Å². The molecule has 0 atom stereocenters. The molecule has 18 heavy (non-hydrogen) atoms. The summed E-state index contributed by atoms with van der Waals surface area (Å²) in [6, 6.07) is 3.90. The van der Waals surface area contributed by atoms with Gasteiger partial charge in [-0.15, -0.1) is 0 Å². The maximum absolute atomic E-state index is 9.11. The van der Waals surface area contributed by atoms with Gasteiger partial charge in [0.2, 0.25) is 5.88 Å². The van der Waals surface area contributed by atoms with Gasteiger partial charge in [0, 0.05) is 17.6 Å². The van der Waals surface area contributed by atoms with E-state index in [-0.39, 0.29) is 6.10 Å². The summed E-state index contributed by atoms with van der Waals surface area (Å²) in [5, 5.41) is 9.11. The van der Waals surface area contributed by atoms with Gasteiger partial charge in [-0.25, -0.2) is 4.98 Å². The van der Waals surface area contributed by atoms with Crippen molar-refractivity contribution in [3.8, 4) is 11.9 Å². The zero-order valence-corrected chi connectivity index (χ0v) is 12.2. The Hall–Kier alpha value is -1.12. The topological polar surface area (TPSA) is 49.1 Å². The minimum Gasteiger partial charge on any atom is -0.473 e. The lowest BCUT2D eigenvalue weighted by Gasteiger charge is -2.29. The minimum atomic E-state index is 0.168. The van der Waals surface area contributed by atoms with Crippen LogP contribution >= 0.6 is 15.9 Å². The van der Waals surface area contributed by atoms with Crippen LogP contribution in [0.1, 0.15) is 24.1 Å². The molecule has 0 aliphatic carbocycles. The van der Waals surface area contributed by atoms with Crippen molar-refractivity contribution in [1.29, 1.82) is 5.26 Å². The zero-order chi connectivity index (χ0) is 13.1. The number of likely N-dealkylation sites (tertiary alicyclic amines) is 1. The highest BCUT2D eigenvalue weighted by molar-refractivity contribution is 9.10. The Morgan fingerprint density at radius 2 is 2.17 bits per heavy atom. The normalized spacial score (nSPS) is 17.4. The number of rotatable bonds is 2. The van der Waals surface area contributed by atoms with Crippen LogP contribution in [0.25, 0.3) is 0 Å². The highest BCUT2D eigenvalue weighted by Gasteiger charge is 2.20. The van der Waals surface area contributed by atoms with Crippen LogP contribution in [0.3, 0.4) is 0 Å². The largest absolute Gasteiger partial charge is 0.473 e. The van der Waals surface area contributed by atoms with E-state index in [0.29, 0.717) is 11.4 Å². The van der Waals surface area contributed by atoms with Crippen molar-refractivity contribution in [2.45, 2.75) is 25.9 Å². The molecule has 0 unspecified atom stereocenters. The summed E-state index contributed by atoms with van der Waals surface area (Å²) < 4.78 is 6.72. The number of halogens is 1. The molecule has 1 aromatic heterocycles. The Labute approximate surface area is 116 Å². The van der Waals surface area contributed by atoms with E-state index in [9.17, 15) is 0 Å². The Morgan fingerprint density at radius 1 is 1.50 bits per heavy atom. The molecule has 96 valence electrons. The number of hydrogen-bond donors (Lipinski definition) is 0. The molecule has 0 spiro atoms. The predicted octanol–water partition coefficient (Wildman–Crippen LogP) is 2.50. The van der Waals surface area contributed by atoms with Crippen molar-refractivity contribution in [1.82, 2.24) is 9.88 Å². The fraction of sp³-hybridized carbons (Fsp3) is 0.538. The number of pyridine rings is 1.